The molecule has 0 amide bonds. The summed E-state index contributed by atoms with van der Waals surface area (Å²) in [6.07, 6.45) is 1.73. The Kier molecular flexibility index (Phi) is 9.06. The molecule has 0 aromatic heterocycles. The number of sulfonamides is 1. The zero-order chi connectivity index (χ0) is 19.0. The Bertz CT molecular complexity index is 647. The maximum Gasteiger partial charge on any atom is 0.328 e. The lowest BCUT2D eigenvalue weighted by Crippen LogP contribution is -2.41. The summed E-state index contributed by atoms with van der Waals surface area (Å²) in [5.41, 5.74) is 0.853. The van der Waals surface area contributed by atoms with Gasteiger partial charge < -0.3 is 4.74 Å². The monoisotopic (exact) mass is 434 g/mol. The Hall–Kier alpha value is -0.960. The standard InChI is InChI=1S/C17H27BrN2O4S/c1-5-24-17(21)16(14-7-9-15(18)10-8-14)20(13(2)3)12-6-11-19-25(4,22)23/h7-10,13,16,19H,5-6,11-12H2,1-4H3/t16-/m1/s1. The summed E-state index contributed by atoms with van der Waals surface area (Å²) >= 11 is 3.40. The van der Waals surface area contributed by atoms with Crippen molar-refractivity contribution in [3.05, 3.63) is 34.3 Å². The van der Waals surface area contributed by atoms with E-state index in [0.29, 0.717) is 26.1 Å². The van der Waals surface area contributed by atoms with Gasteiger partial charge in [0.25, 0.3) is 0 Å². The van der Waals surface area contributed by atoms with Crippen LogP contribution in [0, 0.1) is 0 Å². The van der Waals surface area contributed by atoms with Gasteiger partial charge in [0, 0.05) is 23.6 Å². The van der Waals surface area contributed by atoms with Crippen molar-refractivity contribution >= 4 is 31.9 Å². The van der Waals surface area contributed by atoms with Crippen LogP contribution in [0.25, 0.3) is 0 Å². The van der Waals surface area contributed by atoms with Crippen molar-refractivity contribution in [2.45, 2.75) is 39.3 Å². The molecule has 0 saturated carbocycles. The zero-order valence-electron chi connectivity index (χ0n) is 15.2. The van der Waals surface area contributed by atoms with Crippen molar-refractivity contribution in [1.82, 2.24) is 9.62 Å². The van der Waals surface area contributed by atoms with Gasteiger partial charge in [-0.2, -0.15) is 0 Å². The van der Waals surface area contributed by atoms with Crippen molar-refractivity contribution in [1.29, 1.82) is 0 Å². The Morgan fingerprint density at radius 1 is 1.28 bits per heavy atom. The predicted molar refractivity (Wildman–Crippen MR) is 103 cm³/mol. The van der Waals surface area contributed by atoms with Crippen LogP contribution >= 0.6 is 15.9 Å². The fourth-order valence-electron chi connectivity index (χ4n) is 2.53. The summed E-state index contributed by atoms with van der Waals surface area (Å²) < 4.78 is 31.1. The molecule has 0 aliphatic carbocycles. The normalized spacial score (nSPS) is 13.2. The molecule has 0 saturated heterocycles. The van der Waals surface area contributed by atoms with Crippen molar-refractivity contribution < 1.29 is 17.9 Å². The van der Waals surface area contributed by atoms with E-state index in [4.69, 9.17) is 4.74 Å². The third kappa shape index (κ3) is 7.85. The third-order valence-electron chi connectivity index (χ3n) is 3.65. The van der Waals surface area contributed by atoms with Crippen LogP contribution in [-0.4, -0.2) is 51.3 Å². The van der Waals surface area contributed by atoms with E-state index in [9.17, 15) is 13.2 Å². The molecule has 0 aliphatic rings. The number of nitrogens with one attached hydrogen (secondary N) is 1. The third-order valence-corrected chi connectivity index (χ3v) is 4.91. The minimum atomic E-state index is -3.21. The van der Waals surface area contributed by atoms with E-state index in [-0.39, 0.29) is 12.0 Å². The Balaban J connectivity index is 2.96. The summed E-state index contributed by atoms with van der Waals surface area (Å²) in [5, 5.41) is 0. The molecule has 0 aliphatic heterocycles. The molecule has 1 rings (SSSR count). The molecule has 0 heterocycles. The molecule has 8 heteroatoms. The number of hydrogen-bond acceptors (Lipinski definition) is 5. The van der Waals surface area contributed by atoms with Crippen molar-refractivity contribution in [2.24, 2.45) is 0 Å². The van der Waals surface area contributed by atoms with Crippen LogP contribution in [0.2, 0.25) is 0 Å². The quantitative estimate of drug-likeness (QED) is 0.452. The van der Waals surface area contributed by atoms with Gasteiger partial charge in [0.05, 0.1) is 12.9 Å². The number of halogens is 1. The Morgan fingerprint density at radius 2 is 1.88 bits per heavy atom. The van der Waals surface area contributed by atoms with Crippen LogP contribution in [0.1, 0.15) is 38.8 Å². The van der Waals surface area contributed by atoms with E-state index in [1.165, 1.54) is 0 Å². The summed E-state index contributed by atoms with van der Waals surface area (Å²) in [6.45, 7) is 7.02. The van der Waals surface area contributed by atoms with Gasteiger partial charge in [-0.15, -0.1) is 0 Å². The molecule has 6 nitrogen and oxygen atoms in total. The summed E-state index contributed by atoms with van der Waals surface area (Å²) in [4.78, 5) is 14.6. The van der Waals surface area contributed by atoms with Gasteiger partial charge in [-0.05, 0) is 44.9 Å². The topological polar surface area (TPSA) is 75.7 Å². The second-order valence-corrected chi connectivity index (χ2v) is 8.81. The molecule has 1 aromatic carbocycles. The molecular weight excluding hydrogens is 408 g/mol. The zero-order valence-corrected chi connectivity index (χ0v) is 17.6. The number of esters is 1. The van der Waals surface area contributed by atoms with Gasteiger partial charge in [0.15, 0.2) is 0 Å². The molecule has 0 bridgehead atoms. The lowest BCUT2D eigenvalue weighted by Gasteiger charge is -2.33. The number of benzene rings is 1. The maximum absolute atomic E-state index is 12.6. The highest BCUT2D eigenvalue weighted by Gasteiger charge is 2.30. The van der Waals surface area contributed by atoms with Crippen molar-refractivity contribution in [2.75, 3.05) is 26.0 Å². The first kappa shape index (κ1) is 22.1. The van der Waals surface area contributed by atoms with Gasteiger partial charge in [-0.1, -0.05) is 28.1 Å². The van der Waals surface area contributed by atoms with Gasteiger partial charge in [0.1, 0.15) is 6.04 Å². The molecular formula is C17H27BrN2O4S. The van der Waals surface area contributed by atoms with E-state index >= 15 is 0 Å². The molecule has 25 heavy (non-hydrogen) atoms. The average molecular weight is 435 g/mol. The van der Waals surface area contributed by atoms with E-state index in [1.807, 2.05) is 43.0 Å². The molecule has 1 atom stereocenters. The Labute approximate surface area is 159 Å². The molecule has 1 N–H and O–H groups in total. The van der Waals surface area contributed by atoms with E-state index in [0.717, 1.165) is 16.3 Å². The van der Waals surface area contributed by atoms with Crippen LogP contribution < -0.4 is 4.72 Å². The molecule has 1 aromatic rings. The highest BCUT2D eigenvalue weighted by molar-refractivity contribution is 9.10. The molecule has 0 fully saturated rings. The fraction of sp³-hybridized carbons (Fsp3) is 0.588. The first-order valence-corrected chi connectivity index (χ1v) is 11.0. The maximum atomic E-state index is 12.6. The highest BCUT2D eigenvalue weighted by atomic mass is 79.9. The second-order valence-electron chi connectivity index (χ2n) is 6.06. The molecule has 0 radical (unpaired) electrons. The van der Waals surface area contributed by atoms with Gasteiger partial charge in [-0.25, -0.2) is 17.9 Å². The summed E-state index contributed by atoms with van der Waals surface area (Å²) in [5.74, 6) is -0.297. The van der Waals surface area contributed by atoms with E-state index < -0.39 is 16.1 Å². The predicted octanol–water partition coefficient (Wildman–Crippen LogP) is 2.70. The highest BCUT2D eigenvalue weighted by Crippen LogP contribution is 2.26. The number of carbonyl (C=O) groups excluding carboxylic acids is 1. The summed E-state index contributed by atoms with van der Waals surface area (Å²) in [7, 11) is -3.21. The van der Waals surface area contributed by atoms with Gasteiger partial charge in [-0.3, -0.25) is 4.90 Å². The number of carbonyl (C=O) groups is 1. The van der Waals surface area contributed by atoms with Gasteiger partial charge >= 0.3 is 5.97 Å². The van der Waals surface area contributed by atoms with Gasteiger partial charge in [0.2, 0.25) is 10.0 Å². The first-order chi connectivity index (χ1) is 11.7. The number of hydrogen-bond donors (Lipinski definition) is 1. The first-order valence-electron chi connectivity index (χ1n) is 8.28. The minimum Gasteiger partial charge on any atom is -0.465 e. The number of rotatable bonds is 10. The van der Waals surface area contributed by atoms with Crippen molar-refractivity contribution in [3.63, 3.8) is 0 Å². The van der Waals surface area contributed by atoms with E-state index in [1.54, 1.807) is 6.92 Å². The van der Waals surface area contributed by atoms with Crippen LogP contribution in [0.5, 0.6) is 0 Å². The number of nitrogens with zero attached hydrogens (tertiary/aromatic N) is 1. The Morgan fingerprint density at radius 3 is 2.36 bits per heavy atom. The number of ether oxygens (including phenoxy) is 1. The fourth-order valence-corrected chi connectivity index (χ4v) is 3.31. The van der Waals surface area contributed by atoms with Crippen LogP contribution in [0.4, 0.5) is 0 Å². The smallest absolute Gasteiger partial charge is 0.328 e. The second kappa shape index (κ2) is 10.3. The van der Waals surface area contributed by atoms with Crippen LogP contribution in [0.3, 0.4) is 0 Å². The SMILES string of the molecule is CCOC(=O)[C@@H](c1ccc(Br)cc1)N(CCCNS(C)(=O)=O)C(C)C. The largest absolute Gasteiger partial charge is 0.465 e. The molecule has 0 unspecified atom stereocenters. The lowest BCUT2D eigenvalue weighted by atomic mass is 10.0. The molecule has 0 spiro atoms. The van der Waals surface area contributed by atoms with Crippen molar-refractivity contribution in [3.8, 4) is 0 Å². The van der Waals surface area contributed by atoms with Crippen LogP contribution in [-0.2, 0) is 19.6 Å². The van der Waals surface area contributed by atoms with E-state index in [2.05, 4.69) is 20.7 Å². The minimum absolute atomic E-state index is 0.0938. The van der Waals surface area contributed by atoms with Crippen LogP contribution in [0.15, 0.2) is 28.7 Å². The molecule has 142 valence electrons. The lowest BCUT2D eigenvalue weighted by molar-refractivity contribution is -0.150. The summed E-state index contributed by atoms with van der Waals surface area (Å²) in [6, 6.07) is 7.16. The average Bonchev–Trinajstić information content (AvgIpc) is 2.50.